The second-order valence-electron chi connectivity index (χ2n) is 7.96. The summed E-state index contributed by atoms with van der Waals surface area (Å²) >= 11 is 12.0. The number of anilines is 2. The van der Waals surface area contributed by atoms with E-state index in [1.54, 1.807) is 24.3 Å². The number of carbonyl (C=O) groups excluding carboxylic acids is 1. The molecule has 1 aromatic heterocycles. The fourth-order valence-electron chi connectivity index (χ4n) is 3.40. The zero-order valence-electron chi connectivity index (χ0n) is 17.8. The van der Waals surface area contributed by atoms with Crippen molar-refractivity contribution in [1.82, 2.24) is 4.98 Å². The summed E-state index contributed by atoms with van der Waals surface area (Å²) in [7, 11) is 0. The van der Waals surface area contributed by atoms with Crippen LogP contribution in [0, 0.1) is 5.92 Å². The molecule has 33 heavy (non-hydrogen) atoms. The minimum absolute atomic E-state index is 0.0701. The number of nitrogens with one attached hydrogen (secondary N) is 1. The Morgan fingerprint density at radius 3 is 2.18 bits per heavy atom. The highest BCUT2D eigenvalue weighted by Gasteiger charge is 2.30. The second-order valence-corrected chi connectivity index (χ2v) is 8.77. The van der Waals surface area contributed by atoms with Gasteiger partial charge in [0.15, 0.2) is 0 Å². The molecule has 0 aliphatic heterocycles. The number of carboxylic acid groups (broad SMARTS) is 1. The average molecular weight is 490 g/mol. The van der Waals surface area contributed by atoms with Gasteiger partial charge in [-0.15, -0.1) is 0 Å². The molecule has 0 unspecified atom stereocenters. The van der Waals surface area contributed by atoms with Crippen molar-refractivity contribution in [3.8, 4) is 0 Å². The van der Waals surface area contributed by atoms with Gasteiger partial charge in [-0.05, 0) is 23.6 Å². The standard InChI is InChI=1S/C23H21Cl2N3O5/c1-12(2)11-28(17-8-19(29)21(17)30)18(23(32)33)7-13-3-5-14(6-4-13)27-22(31)20-15(24)9-26-10-16(20)25/h3-6,8-10,12,18H,7,11H2,1-2H3,(H,27,31)(H,32,33)/t18-/m0/s1. The van der Waals surface area contributed by atoms with E-state index in [4.69, 9.17) is 23.2 Å². The molecular formula is C23H21Cl2N3O5. The van der Waals surface area contributed by atoms with Crippen molar-refractivity contribution >= 4 is 46.5 Å². The van der Waals surface area contributed by atoms with Crippen LogP contribution < -0.4 is 21.1 Å². The first-order valence-electron chi connectivity index (χ1n) is 10.1. The summed E-state index contributed by atoms with van der Waals surface area (Å²) in [5.74, 6) is -1.55. The number of benzene rings is 1. The Balaban J connectivity index is 1.78. The molecule has 10 heteroatoms. The van der Waals surface area contributed by atoms with Gasteiger partial charge in [0.2, 0.25) is 10.9 Å². The lowest BCUT2D eigenvalue weighted by Crippen LogP contribution is -2.50. The van der Waals surface area contributed by atoms with E-state index in [2.05, 4.69) is 10.3 Å². The van der Waals surface area contributed by atoms with Crippen molar-refractivity contribution in [3.05, 3.63) is 84.3 Å². The maximum absolute atomic E-state index is 12.5. The van der Waals surface area contributed by atoms with Crippen molar-refractivity contribution in [3.63, 3.8) is 0 Å². The van der Waals surface area contributed by atoms with Crippen LogP contribution in [0.5, 0.6) is 0 Å². The SMILES string of the molecule is CC(C)CN(c1cc(=O)c1=O)[C@@H](Cc1ccc(NC(=O)c2c(Cl)cncc2Cl)cc1)C(=O)O. The van der Waals surface area contributed by atoms with E-state index in [0.29, 0.717) is 17.8 Å². The van der Waals surface area contributed by atoms with E-state index < -0.39 is 28.8 Å². The number of halogens is 2. The molecule has 0 spiro atoms. The zero-order chi connectivity index (χ0) is 24.3. The Hall–Kier alpha value is -3.23. The summed E-state index contributed by atoms with van der Waals surface area (Å²) in [6.45, 7) is 4.11. The predicted molar refractivity (Wildman–Crippen MR) is 127 cm³/mol. The Bertz CT molecular complexity index is 1230. The van der Waals surface area contributed by atoms with E-state index in [-0.39, 0.29) is 33.6 Å². The second kappa shape index (κ2) is 10.1. The summed E-state index contributed by atoms with van der Waals surface area (Å²) in [5.41, 5.74) is 0.0523. The van der Waals surface area contributed by atoms with E-state index in [9.17, 15) is 24.3 Å². The topological polar surface area (TPSA) is 117 Å². The summed E-state index contributed by atoms with van der Waals surface area (Å²) in [4.78, 5) is 53.2. The maximum atomic E-state index is 12.5. The molecule has 2 N–H and O–H groups in total. The van der Waals surface area contributed by atoms with Crippen molar-refractivity contribution < 1.29 is 14.7 Å². The first-order valence-corrected chi connectivity index (χ1v) is 10.8. The molecular weight excluding hydrogens is 469 g/mol. The van der Waals surface area contributed by atoms with Crippen LogP contribution >= 0.6 is 23.2 Å². The van der Waals surface area contributed by atoms with Gasteiger partial charge >= 0.3 is 5.97 Å². The third kappa shape index (κ3) is 5.58. The molecule has 3 aromatic rings. The first kappa shape index (κ1) is 24.4. The van der Waals surface area contributed by atoms with Crippen LogP contribution in [0.3, 0.4) is 0 Å². The first-order chi connectivity index (χ1) is 15.6. The number of carbonyl (C=O) groups is 2. The van der Waals surface area contributed by atoms with Gasteiger partial charge in [-0.1, -0.05) is 49.2 Å². The van der Waals surface area contributed by atoms with E-state index >= 15 is 0 Å². The Kier molecular flexibility index (Phi) is 7.50. The van der Waals surface area contributed by atoms with Crippen LogP contribution in [0.1, 0.15) is 29.8 Å². The minimum Gasteiger partial charge on any atom is -0.480 e. The van der Waals surface area contributed by atoms with E-state index in [0.717, 1.165) is 0 Å². The van der Waals surface area contributed by atoms with Crippen LogP contribution in [0.2, 0.25) is 10.0 Å². The molecule has 0 fully saturated rings. The fraction of sp³-hybridized carbons (Fsp3) is 0.261. The lowest BCUT2D eigenvalue weighted by Gasteiger charge is -2.32. The quantitative estimate of drug-likeness (QED) is 0.442. The van der Waals surface area contributed by atoms with E-state index in [1.807, 2.05) is 13.8 Å². The molecule has 0 aliphatic rings. The van der Waals surface area contributed by atoms with Crippen molar-refractivity contribution in [2.45, 2.75) is 26.3 Å². The van der Waals surface area contributed by atoms with Gasteiger partial charge in [0.05, 0.1) is 21.3 Å². The maximum Gasteiger partial charge on any atom is 0.326 e. The van der Waals surface area contributed by atoms with Crippen LogP contribution in [-0.4, -0.2) is 34.6 Å². The molecule has 1 amide bonds. The number of amides is 1. The summed E-state index contributed by atoms with van der Waals surface area (Å²) < 4.78 is 0. The van der Waals surface area contributed by atoms with Gasteiger partial charge in [-0.25, -0.2) is 4.79 Å². The van der Waals surface area contributed by atoms with Gasteiger partial charge in [0, 0.05) is 37.1 Å². The lowest BCUT2D eigenvalue weighted by atomic mass is 10.0. The molecule has 0 saturated carbocycles. The highest BCUT2D eigenvalue weighted by atomic mass is 35.5. The molecule has 0 radical (unpaired) electrons. The molecule has 0 saturated heterocycles. The molecule has 1 heterocycles. The fourth-order valence-corrected chi connectivity index (χ4v) is 3.94. The average Bonchev–Trinajstić information content (AvgIpc) is 2.75. The lowest BCUT2D eigenvalue weighted by molar-refractivity contribution is -0.138. The number of aliphatic carboxylic acids is 1. The Morgan fingerprint density at radius 1 is 1.09 bits per heavy atom. The summed E-state index contributed by atoms with van der Waals surface area (Å²) in [6.07, 6.45) is 2.73. The third-order valence-electron chi connectivity index (χ3n) is 4.98. The highest BCUT2D eigenvalue weighted by molar-refractivity contribution is 6.40. The molecule has 2 aromatic carbocycles. The molecule has 0 aliphatic carbocycles. The molecule has 172 valence electrons. The largest absolute Gasteiger partial charge is 0.480 e. The molecule has 3 rings (SSSR count). The van der Waals surface area contributed by atoms with Gasteiger partial charge in [0.1, 0.15) is 6.04 Å². The van der Waals surface area contributed by atoms with Crippen LogP contribution in [-0.2, 0) is 11.2 Å². The van der Waals surface area contributed by atoms with Crippen LogP contribution in [0.4, 0.5) is 11.4 Å². The van der Waals surface area contributed by atoms with Crippen molar-refractivity contribution in [2.24, 2.45) is 5.92 Å². The molecule has 1 atom stereocenters. The van der Waals surface area contributed by atoms with Crippen molar-refractivity contribution in [2.75, 3.05) is 16.8 Å². The monoisotopic (exact) mass is 489 g/mol. The number of hydrogen-bond donors (Lipinski definition) is 2. The summed E-state index contributed by atoms with van der Waals surface area (Å²) in [5, 5.41) is 12.8. The molecule has 0 bridgehead atoms. The number of hydrogen-bond acceptors (Lipinski definition) is 6. The highest BCUT2D eigenvalue weighted by Crippen LogP contribution is 2.24. The predicted octanol–water partition coefficient (Wildman–Crippen LogP) is 3.40. The smallest absolute Gasteiger partial charge is 0.326 e. The normalized spacial score (nSPS) is 12.0. The van der Waals surface area contributed by atoms with E-state index in [1.165, 1.54) is 23.4 Å². The molecule has 8 nitrogen and oxygen atoms in total. The van der Waals surface area contributed by atoms with Gasteiger partial charge in [0.25, 0.3) is 5.91 Å². The Morgan fingerprint density at radius 2 is 1.70 bits per heavy atom. The summed E-state index contributed by atoms with van der Waals surface area (Å²) in [6, 6.07) is 6.74. The van der Waals surface area contributed by atoms with Gasteiger partial charge in [-0.3, -0.25) is 19.4 Å². The number of rotatable bonds is 9. The number of carboxylic acids is 1. The third-order valence-corrected chi connectivity index (χ3v) is 5.55. The number of pyridine rings is 1. The van der Waals surface area contributed by atoms with Crippen LogP contribution in [0.15, 0.2) is 52.3 Å². The number of nitrogens with zero attached hydrogens (tertiary/aromatic N) is 2. The van der Waals surface area contributed by atoms with Gasteiger partial charge < -0.3 is 15.3 Å². The Labute approximate surface area is 199 Å². The minimum atomic E-state index is -1.11. The van der Waals surface area contributed by atoms with Crippen molar-refractivity contribution in [1.29, 1.82) is 0 Å². The zero-order valence-corrected chi connectivity index (χ0v) is 19.4. The van der Waals surface area contributed by atoms with Crippen LogP contribution in [0.25, 0.3) is 0 Å². The van der Waals surface area contributed by atoms with Gasteiger partial charge in [-0.2, -0.15) is 0 Å². The number of aromatic nitrogens is 1.